The minimum absolute atomic E-state index is 0.246. The largest absolute Gasteiger partial charge is 0.397 e. The maximum absolute atomic E-state index is 12.0. The summed E-state index contributed by atoms with van der Waals surface area (Å²) in [7, 11) is 0. The molecular weight excluding hydrogens is 220 g/mol. The molecule has 0 radical (unpaired) electrons. The number of carbonyl (C=O) groups excluding carboxylic acids is 1. The summed E-state index contributed by atoms with van der Waals surface area (Å²) in [6, 6.07) is 3.22. The lowest BCUT2D eigenvalue weighted by Gasteiger charge is -2.06. The van der Waals surface area contributed by atoms with Crippen molar-refractivity contribution in [2.45, 2.75) is 19.9 Å². The Kier molecular flexibility index (Phi) is 3.13. The summed E-state index contributed by atoms with van der Waals surface area (Å²) >= 11 is 0. The van der Waals surface area contributed by atoms with Crippen LogP contribution in [0, 0.1) is 0 Å². The third-order valence-electron chi connectivity index (χ3n) is 2.29. The Bertz CT molecular complexity index is 502. The predicted molar refractivity (Wildman–Crippen MR) is 63.6 cm³/mol. The van der Waals surface area contributed by atoms with Crippen molar-refractivity contribution < 1.29 is 9.32 Å². The van der Waals surface area contributed by atoms with Crippen LogP contribution < -0.4 is 11.1 Å². The molecule has 2 aromatic rings. The first-order chi connectivity index (χ1) is 8.20. The molecule has 3 N–H and O–H groups in total. The molecule has 0 saturated heterocycles. The fourth-order valence-electron chi connectivity index (χ4n) is 1.61. The lowest BCUT2D eigenvalue weighted by Crippen LogP contribution is -2.16. The Morgan fingerprint density at radius 2 is 2.47 bits per heavy atom. The fourth-order valence-corrected chi connectivity index (χ4v) is 1.61. The van der Waals surface area contributed by atoms with Gasteiger partial charge in [0, 0.05) is 18.8 Å². The maximum Gasteiger partial charge on any atom is 0.273 e. The average Bonchev–Trinajstić information content (AvgIpc) is 2.88. The molecule has 0 aliphatic rings. The van der Waals surface area contributed by atoms with E-state index < -0.39 is 0 Å². The summed E-state index contributed by atoms with van der Waals surface area (Å²) in [5.74, 6) is 0.141. The van der Waals surface area contributed by atoms with Gasteiger partial charge in [-0.3, -0.25) is 4.79 Å². The minimum atomic E-state index is -0.246. The van der Waals surface area contributed by atoms with Gasteiger partial charge in [0.05, 0.1) is 5.69 Å². The monoisotopic (exact) mass is 234 g/mol. The first-order valence-electron chi connectivity index (χ1n) is 5.38. The number of nitrogen functional groups attached to an aromatic ring is 1. The van der Waals surface area contributed by atoms with E-state index in [1.54, 1.807) is 18.3 Å². The van der Waals surface area contributed by atoms with Gasteiger partial charge in [-0.25, -0.2) is 0 Å². The van der Waals surface area contributed by atoms with Crippen LogP contribution in [0.4, 0.5) is 11.5 Å². The van der Waals surface area contributed by atoms with Crippen molar-refractivity contribution >= 4 is 17.4 Å². The SMILES string of the molecule is CCCn1cc(N)cc1C(=O)Nc1ccon1. The Morgan fingerprint density at radius 1 is 1.65 bits per heavy atom. The van der Waals surface area contributed by atoms with Gasteiger partial charge in [0.2, 0.25) is 0 Å². The van der Waals surface area contributed by atoms with Gasteiger partial charge in [0.15, 0.2) is 5.82 Å². The number of aryl methyl sites for hydroxylation is 1. The van der Waals surface area contributed by atoms with E-state index in [1.807, 2.05) is 11.5 Å². The Labute approximate surface area is 98.4 Å². The molecule has 0 fully saturated rings. The van der Waals surface area contributed by atoms with Crippen molar-refractivity contribution in [1.29, 1.82) is 0 Å². The molecule has 0 aliphatic carbocycles. The van der Waals surface area contributed by atoms with Crippen LogP contribution in [0.25, 0.3) is 0 Å². The highest BCUT2D eigenvalue weighted by Gasteiger charge is 2.13. The third kappa shape index (κ3) is 2.47. The van der Waals surface area contributed by atoms with E-state index in [4.69, 9.17) is 5.73 Å². The van der Waals surface area contributed by atoms with Crippen molar-refractivity contribution in [3.63, 3.8) is 0 Å². The van der Waals surface area contributed by atoms with Gasteiger partial charge in [0.25, 0.3) is 5.91 Å². The molecule has 0 bridgehead atoms. The fraction of sp³-hybridized carbons (Fsp3) is 0.273. The second-order valence-corrected chi connectivity index (χ2v) is 3.69. The van der Waals surface area contributed by atoms with Gasteiger partial charge in [-0.05, 0) is 12.5 Å². The lowest BCUT2D eigenvalue weighted by atomic mass is 10.3. The molecular formula is C11H14N4O2. The van der Waals surface area contributed by atoms with Crippen LogP contribution >= 0.6 is 0 Å². The Morgan fingerprint density at radius 3 is 3.12 bits per heavy atom. The summed E-state index contributed by atoms with van der Waals surface area (Å²) < 4.78 is 6.46. The van der Waals surface area contributed by atoms with Crippen molar-refractivity contribution in [2.75, 3.05) is 11.1 Å². The summed E-state index contributed by atoms with van der Waals surface area (Å²) in [6.45, 7) is 2.79. The van der Waals surface area contributed by atoms with Crippen LogP contribution in [0.2, 0.25) is 0 Å². The van der Waals surface area contributed by atoms with Gasteiger partial charge in [-0.15, -0.1) is 0 Å². The quantitative estimate of drug-likeness (QED) is 0.843. The zero-order valence-corrected chi connectivity index (χ0v) is 9.51. The van der Waals surface area contributed by atoms with Crippen molar-refractivity contribution in [3.05, 3.63) is 30.3 Å². The molecule has 2 heterocycles. The number of nitrogens with two attached hydrogens (primary N) is 1. The normalized spacial score (nSPS) is 10.4. The van der Waals surface area contributed by atoms with E-state index in [1.165, 1.54) is 6.26 Å². The molecule has 0 aliphatic heterocycles. The molecule has 2 aromatic heterocycles. The van der Waals surface area contributed by atoms with E-state index in [-0.39, 0.29) is 5.91 Å². The molecule has 17 heavy (non-hydrogen) atoms. The molecule has 0 unspecified atom stereocenters. The number of anilines is 2. The zero-order valence-electron chi connectivity index (χ0n) is 9.51. The Hall–Kier alpha value is -2.24. The van der Waals surface area contributed by atoms with Crippen LogP contribution in [-0.2, 0) is 6.54 Å². The van der Waals surface area contributed by atoms with Crippen LogP contribution in [0.3, 0.4) is 0 Å². The average molecular weight is 234 g/mol. The molecule has 6 nitrogen and oxygen atoms in total. The summed E-state index contributed by atoms with van der Waals surface area (Å²) in [5, 5.41) is 6.25. The number of nitrogens with one attached hydrogen (secondary N) is 1. The number of rotatable bonds is 4. The summed E-state index contributed by atoms with van der Waals surface area (Å²) in [6.07, 6.45) is 4.08. The molecule has 2 rings (SSSR count). The van der Waals surface area contributed by atoms with Crippen molar-refractivity contribution in [1.82, 2.24) is 9.72 Å². The van der Waals surface area contributed by atoms with Crippen LogP contribution in [0.15, 0.2) is 29.1 Å². The maximum atomic E-state index is 12.0. The Balaban J connectivity index is 2.18. The number of amides is 1. The second kappa shape index (κ2) is 4.73. The summed E-state index contributed by atoms with van der Waals surface area (Å²) in [5.41, 5.74) is 6.78. The molecule has 0 aromatic carbocycles. The highest BCUT2D eigenvalue weighted by atomic mass is 16.5. The molecule has 1 amide bonds. The van der Waals surface area contributed by atoms with E-state index in [0.29, 0.717) is 17.2 Å². The molecule has 0 spiro atoms. The predicted octanol–water partition coefficient (Wildman–Crippen LogP) is 1.72. The van der Waals surface area contributed by atoms with Gasteiger partial charge >= 0.3 is 0 Å². The lowest BCUT2D eigenvalue weighted by molar-refractivity contribution is 0.101. The highest BCUT2D eigenvalue weighted by Crippen LogP contribution is 2.13. The molecule has 0 saturated carbocycles. The number of aromatic nitrogens is 2. The standard InChI is InChI=1S/C11H14N4O2/c1-2-4-15-7-8(12)6-9(15)11(16)13-10-3-5-17-14-10/h3,5-7H,2,4,12H2,1H3,(H,13,14,16). The number of hydrogen-bond donors (Lipinski definition) is 2. The smallest absolute Gasteiger partial charge is 0.273 e. The van der Waals surface area contributed by atoms with E-state index >= 15 is 0 Å². The van der Waals surface area contributed by atoms with Crippen molar-refractivity contribution in [3.8, 4) is 0 Å². The van der Waals surface area contributed by atoms with Gasteiger partial charge in [0.1, 0.15) is 12.0 Å². The van der Waals surface area contributed by atoms with E-state index in [0.717, 1.165) is 13.0 Å². The van der Waals surface area contributed by atoms with Gasteiger partial charge < -0.3 is 20.1 Å². The highest BCUT2D eigenvalue weighted by molar-refractivity contribution is 6.03. The van der Waals surface area contributed by atoms with E-state index in [9.17, 15) is 4.79 Å². The molecule has 6 heteroatoms. The van der Waals surface area contributed by atoms with Crippen LogP contribution in [0.1, 0.15) is 23.8 Å². The summed E-state index contributed by atoms with van der Waals surface area (Å²) in [4.78, 5) is 12.0. The van der Waals surface area contributed by atoms with Gasteiger partial charge in [-0.1, -0.05) is 12.1 Å². The van der Waals surface area contributed by atoms with Crippen LogP contribution in [0.5, 0.6) is 0 Å². The third-order valence-corrected chi connectivity index (χ3v) is 2.29. The molecule has 0 atom stereocenters. The topological polar surface area (TPSA) is 86.1 Å². The first-order valence-corrected chi connectivity index (χ1v) is 5.38. The minimum Gasteiger partial charge on any atom is -0.397 e. The zero-order chi connectivity index (χ0) is 12.3. The van der Waals surface area contributed by atoms with Crippen LogP contribution in [-0.4, -0.2) is 15.6 Å². The second-order valence-electron chi connectivity index (χ2n) is 3.69. The number of hydrogen-bond acceptors (Lipinski definition) is 4. The van der Waals surface area contributed by atoms with Gasteiger partial charge in [-0.2, -0.15) is 0 Å². The number of nitrogens with zero attached hydrogens (tertiary/aromatic N) is 2. The first kappa shape index (κ1) is 11.3. The number of carbonyl (C=O) groups is 1. The van der Waals surface area contributed by atoms with E-state index in [2.05, 4.69) is 15.0 Å². The van der Waals surface area contributed by atoms with Crippen molar-refractivity contribution in [2.24, 2.45) is 0 Å². The molecule has 90 valence electrons.